The number of carbonyl (C=O) groups is 1. The van der Waals surface area contributed by atoms with E-state index in [1.54, 1.807) is 11.8 Å². The second-order valence-corrected chi connectivity index (χ2v) is 5.66. The SMILES string of the molecule is CC(Oc1ccc(F)cc1Cl)C(=O)N1CCCCC1CN. The number of carbonyl (C=O) groups excluding carboxylic acids is 1. The summed E-state index contributed by atoms with van der Waals surface area (Å²) in [6.45, 7) is 2.82. The lowest BCUT2D eigenvalue weighted by Gasteiger charge is -2.36. The maximum Gasteiger partial charge on any atom is 0.263 e. The lowest BCUT2D eigenvalue weighted by Crippen LogP contribution is -2.51. The molecule has 1 aliphatic rings. The molecule has 116 valence electrons. The van der Waals surface area contributed by atoms with Crippen LogP contribution in [0.5, 0.6) is 5.75 Å². The van der Waals surface area contributed by atoms with Crippen LogP contribution in [0, 0.1) is 5.82 Å². The van der Waals surface area contributed by atoms with Crippen molar-refractivity contribution in [1.82, 2.24) is 4.90 Å². The number of hydrogen-bond acceptors (Lipinski definition) is 3. The lowest BCUT2D eigenvalue weighted by atomic mass is 10.0. The Morgan fingerprint density at radius 1 is 1.57 bits per heavy atom. The molecule has 2 rings (SSSR count). The summed E-state index contributed by atoms with van der Waals surface area (Å²) in [4.78, 5) is 14.3. The number of halogens is 2. The van der Waals surface area contributed by atoms with Gasteiger partial charge in [0.2, 0.25) is 0 Å². The molecule has 1 aromatic carbocycles. The topological polar surface area (TPSA) is 55.6 Å². The third kappa shape index (κ3) is 3.86. The van der Waals surface area contributed by atoms with Gasteiger partial charge in [-0.3, -0.25) is 4.79 Å². The number of amides is 1. The van der Waals surface area contributed by atoms with Gasteiger partial charge in [-0.25, -0.2) is 4.39 Å². The van der Waals surface area contributed by atoms with Crippen molar-refractivity contribution >= 4 is 17.5 Å². The molecular weight excluding hydrogens is 295 g/mol. The normalized spacial score (nSPS) is 20.2. The Labute approximate surface area is 129 Å². The van der Waals surface area contributed by atoms with Crippen LogP contribution in [0.1, 0.15) is 26.2 Å². The fourth-order valence-electron chi connectivity index (χ4n) is 2.58. The number of ether oxygens (including phenoxy) is 1. The van der Waals surface area contributed by atoms with E-state index in [1.807, 2.05) is 0 Å². The molecule has 1 aromatic rings. The fraction of sp³-hybridized carbons (Fsp3) is 0.533. The number of benzene rings is 1. The molecular formula is C15H20ClFN2O2. The first-order valence-electron chi connectivity index (χ1n) is 7.15. The van der Waals surface area contributed by atoms with E-state index in [-0.39, 0.29) is 17.0 Å². The molecule has 0 aromatic heterocycles. The second-order valence-electron chi connectivity index (χ2n) is 5.25. The molecule has 6 heteroatoms. The number of nitrogens with two attached hydrogens (primary N) is 1. The van der Waals surface area contributed by atoms with Crippen LogP contribution in [-0.4, -0.2) is 36.0 Å². The van der Waals surface area contributed by atoms with E-state index in [0.29, 0.717) is 18.8 Å². The Bertz CT molecular complexity index is 512. The maximum atomic E-state index is 13.0. The van der Waals surface area contributed by atoms with Gasteiger partial charge in [0.15, 0.2) is 6.10 Å². The molecule has 0 spiro atoms. The predicted octanol–water partition coefficient (Wildman–Crippen LogP) is 2.59. The van der Waals surface area contributed by atoms with Crippen LogP contribution in [0.4, 0.5) is 4.39 Å². The van der Waals surface area contributed by atoms with Gasteiger partial charge in [-0.05, 0) is 44.4 Å². The van der Waals surface area contributed by atoms with Gasteiger partial charge in [0, 0.05) is 19.1 Å². The summed E-state index contributed by atoms with van der Waals surface area (Å²) in [6, 6.07) is 3.92. The van der Waals surface area contributed by atoms with Crippen molar-refractivity contribution < 1.29 is 13.9 Å². The first-order valence-corrected chi connectivity index (χ1v) is 7.53. The van der Waals surface area contributed by atoms with Crippen LogP contribution in [0.2, 0.25) is 5.02 Å². The molecule has 21 heavy (non-hydrogen) atoms. The number of piperidine rings is 1. The largest absolute Gasteiger partial charge is 0.479 e. The molecule has 2 atom stereocenters. The van der Waals surface area contributed by atoms with Crippen LogP contribution in [0.3, 0.4) is 0 Å². The van der Waals surface area contributed by atoms with Gasteiger partial charge in [0.1, 0.15) is 11.6 Å². The van der Waals surface area contributed by atoms with Crippen molar-refractivity contribution in [3.05, 3.63) is 29.0 Å². The molecule has 0 radical (unpaired) electrons. The highest BCUT2D eigenvalue weighted by Gasteiger charge is 2.30. The average Bonchev–Trinajstić information content (AvgIpc) is 2.49. The summed E-state index contributed by atoms with van der Waals surface area (Å²) in [5, 5.41) is 0.156. The van der Waals surface area contributed by atoms with E-state index in [9.17, 15) is 9.18 Å². The third-order valence-corrected chi connectivity index (χ3v) is 4.02. The molecule has 2 N–H and O–H groups in total. The van der Waals surface area contributed by atoms with Gasteiger partial charge in [-0.1, -0.05) is 11.6 Å². The summed E-state index contributed by atoms with van der Waals surface area (Å²) in [7, 11) is 0. The molecule has 1 amide bonds. The van der Waals surface area contributed by atoms with Crippen molar-refractivity contribution in [3.63, 3.8) is 0 Å². The van der Waals surface area contributed by atoms with Crippen molar-refractivity contribution in [3.8, 4) is 5.75 Å². The minimum Gasteiger partial charge on any atom is -0.479 e. The van der Waals surface area contributed by atoms with E-state index in [1.165, 1.54) is 12.1 Å². The number of nitrogens with zero attached hydrogens (tertiary/aromatic N) is 1. The Kier molecular flexibility index (Phi) is 5.42. The molecule has 0 saturated carbocycles. The minimum absolute atomic E-state index is 0.0704. The summed E-state index contributed by atoms with van der Waals surface area (Å²) in [5.41, 5.74) is 5.73. The molecule has 4 nitrogen and oxygen atoms in total. The highest BCUT2D eigenvalue weighted by Crippen LogP contribution is 2.26. The smallest absolute Gasteiger partial charge is 0.263 e. The van der Waals surface area contributed by atoms with Crippen molar-refractivity contribution in [2.24, 2.45) is 5.73 Å². The van der Waals surface area contributed by atoms with Crippen LogP contribution in [-0.2, 0) is 4.79 Å². The maximum absolute atomic E-state index is 13.0. The Morgan fingerprint density at radius 3 is 3.00 bits per heavy atom. The van der Waals surface area contributed by atoms with E-state index in [2.05, 4.69) is 0 Å². The van der Waals surface area contributed by atoms with E-state index >= 15 is 0 Å². The van der Waals surface area contributed by atoms with Gasteiger partial charge >= 0.3 is 0 Å². The monoisotopic (exact) mass is 314 g/mol. The van der Waals surface area contributed by atoms with Gasteiger partial charge < -0.3 is 15.4 Å². The van der Waals surface area contributed by atoms with E-state index in [0.717, 1.165) is 25.3 Å². The summed E-state index contributed by atoms with van der Waals surface area (Å²) < 4.78 is 18.6. The Morgan fingerprint density at radius 2 is 2.33 bits per heavy atom. The molecule has 1 saturated heterocycles. The quantitative estimate of drug-likeness (QED) is 0.929. The van der Waals surface area contributed by atoms with Crippen LogP contribution >= 0.6 is 11.6 Å². The van der Waals surface area contributed by atoms with E-state index in [4.69, 9.17) is 22.1 Å². The molecule has 1 heterocycles. The highest BCUT2D eigenvalue weighted by molar-refractivity contribution is 6.32. The number of likely N-dealkylation sites (tertiary alicyclic amines) is 1. The van der Waals surface area contributed by atoms with Crippen molar-refractivity contribution in [1.29, 1.82) is 0 Å². The zero-order valence-electron chi connectivity index (χ0n) is 12.0. The van der Waals surface area contributed by atoms with Crippen LogP contribution < -0.4 is 10.5 Å². The fourth-order valence-corrected chi connectivity index (χ4v) is 2.79. The van der Waals surface area contributed by atoms with Gasteiger partial charge in [0.05, 0.1) is 5.02 Å². The Balaban J connectivity index is 2.04. The third-order valence-electron chi connectivity index (χ3n) is 3.73. The molecule has 0 bridgehead atoms. The minimum atomic E-state index is -0.680. The molecule has 1 aliphatic heterocycles. The number of rotatable bonds is 4. The highest BCUT2D eigenvalue weighted by atomic mass is 35.5. The van der Waals surface area contributed by atoms with Crippen LogP contribution in [0.15, 0.2) is 18.2 Å². The first-order chi connectivity index (χ1) is 10.0. The lowest BCUT2D eigenvalue weighted by molar-refractivity contribution is -0.141. The zero-order chi connectivity index (χ0) is 15.4. The van der Waals surface area contributed by atoms with Gasteiger partial charge in [-0.15, -0.1) is 0 Å². The zero-order valence-corrected chi connectivity index (χ0v) is 12.8. The summed E-state index contributed by atoms with van der Waals surface area (Å²) in [6.07, 6.45) is 2.31. The van der Waals surface area contributed by atoms with Gasteiger partial charge in [0.25, 0.3) is 5.91 Å². The van der Waals surface area contributed by atoms with Gasteiger partial charge in [-0.2, -0.15) is 0 Å². The molecule has 2 unspecified atom stereocenters. The molecule has 0 aliphatic carbocycles. The van der Waals surface area contributed by atoms with Crippen LogP contribution in [0.25, 0.3) is 0 Å². The summed E-state index contributed by atoms with van der Waals surface area (Å²) in [5.74, 6) is -0.240. The first kappa shape index (κ1) is 16.0. The average molecular weight is 315 g/mol. The van der Waals surface area contributed by atoms with E-state index < -0.39 is 11.9 Å². The number of hydrogen-bond donors (Lipinski definition) is 1. The summed E-state index contributed by atoms with van der Waals surface area (Å²) >= 11 is 5.91. The van der Waals surface area contributed by atoms with Crippen molar-refractivity contribution in [2.75, 3.05) is 13.1 Å². The standard InChI is InChI=1S/C15H20ClFN2O2/c1-10(21-14-6-5-11(17)8-13(14)16)15(20)19-7-3-2-4-12(19)9-18/h5-6,8,10,12H,2-4,7,9,18H2,1H3. The van der Waals surface area contributed by atoms with Crippen molar-refractivity contribution in [2.45, 2.75) is 38.3 Å². The Hall–Kier alpha value is -1.33. The second kappa shape index (κ2) is 7.09. The molecule has 1 fully saturated rings. The predicted molar refractivity (Wildman–Crippen MR) is 79.9 cm³/mol.